The second-order valence-electron chi connectivity index (χ2n) is 29.9. The summed E-state index contributed by atoms with van der Waals surface area (Å²) in [6.07, 6.45) is 15.2. The number of carbonyl (C=O) groups is 2. The Hall–Kier alpha value is -9.77. The van der Waals surface area contributed by atoms with Crippen molar-refractivity contribution in [1.82, 2.24) is 40.0 Å². The van der Waals surface area contributed by atoms with Gasteiger partial charge in [0.15, 0.2) is 5.43 Å². The first-order chi connectivity index (χ1) is 51.2. The average Bonchev–Trinajstić information content (AvgIpc) is 1.63. The van der Waals surface area contributed by atoms with Crippen molar-refractivity contribution >= 4 is 88.3 Å². The van der Waals surface area contributed by atoms with Crippen LogP contribution < -0.4 is 5.43 Å². The molecule has 0 bridgehead atoms. The first-order valence-corrected chi connectivity index (χ1v) is 39.3. The van der Waals surface area contributed by atoms with E-state index >= 15 is 0 Å². The van der Waals surface area contributed by atoms with Crippen LogP contribution >= 0.6 is 22.7 Å². The number of fused-ring (bicyclic) bond motifs is 6. The van der Waals surface area contributed by atoms with Gasteiger partial charge in [-0.15, -0.1) is 22.7 Å². The number of hydrogen-bond acceptors (Lipinski definition) is 12. The normalized spacial score (nSPS) is 10.4. The van der Waals surface area contributed by atoms with Crippen LogP contribution in [0.15, 0.2) is 267 Å². The Labute approximate surface area is 655 Å². The summed E-state index contributed by atoms with van der Waals surface area (Å²) in [5.74, 6) is 6.07. The summed E-state index contributed by atoms with van der Waals surface area (Å²) in [5, 5.41) is 23.8. The van der Waals surface area contributed by atoms with E-state index in [4.69, 9.17) is 8.83 Å². The highest BCUT2D eigenvalue weighted by Crippen LogP contribution is 2.24. The van der Waals surface area contributed by atoms with Crippen LogP contribution in [0.4, 0.5) is 0 Å². The number of aryl methyl sites for hydroxylation is 1. The zero-order valence-electron chi connectivity index (χ0n) is 69.8. The molecule has 9 heterocycles. The van der Waals surface area contributed by atoms with Gasteiger partial charge in [-0.25, -0.2) is 4.98 Å². The molecule has 6 aromatic carbocycles. The predicted molar refractivity (Wildman–Crippen MR) is 466 cm³/mol. The Morgan fingerprint density at radius 3 is 1.29 bits per heavy atom. The number of benzene rings is 6. The molecule has 0 unspecified atom stereocenters. The zero-order valence-corrected chi connectivity index (χ0v) is 71.4. The molecule has 1 aliphatic heterocycles. The number of furan rings is 1. The first-order valence-electron chi connectivity index (χ1n) is 37.5. The standard InChI is InChI=1S/C11H11NO2.C9H9N.C9H6O2.C8H7N.C8H6O.C8H6S.C6H9NS.7C4H10.C3H3NO.C2H3N3/c1-7(2)12-10(13)8-5-3-4-6-9(8)11(12)14;1-10-7-6-8-4-2-3-5-9(8)10;10-8-5-6-11-9-4-2-1-3-7(8)9;3*1-2-4-8-7(3-1)5-6-9-8;1-5(2)6-7-3-4-8-6;7*1-4(2)3;2*1-2-4-5-3-1/h3-7H,1-2H3;2-7H,1H3;1-6H;1-6,9H;2*1-6H;3-5H,1-2H3;7*4H,1-3H3;1-3H;1-2H,(H,3,4,5). The van der Waals surface area contributed by atoms with Crippen molar-refractivity contribution in [2.24, 2.45) is 48.5 Å². The lowest BCUT2D eigenvalue weighted by Crippen LogP contribution is -2.35. The predicted octanol–water partition coefficient (Wildman–Crippen LogP) is 27.5. The fourth-order valence-corrected chi connectivity index (χ4v) is 9.05. The Bertz CT molecular complexity index is 4010. The van der Waals surface area contributed by atoms with Gasteiger partial charge in [0.1, 0.15) is 17.4 Å². The Kier molecular flexibility index (Phi) is 53.9. The molecule has 16 heteroatoms. The largest absolute Gasteiger partial charge is 0.464 e. The van der Waals surface area contributed by atoms with Gasteiger partial charge in [-0.2, -0.15) is 15.4 Å². The fraction of sp³-hybridized carbons (Fsp3) is 0.380. The Morgan fingerprint density at radius 1 is 0.398 bits per heavy atom. The molecule has 586 valence electrons. The number of nitrogens with zero attached hydrogens (tertiary/aromatic N) is 6. The number of nitrogens with one attached hydrogen (secondary N) is 2. The zero-order chi connectivity index (χ0) is 81.4. The number of hydrogen-bond donors (Lipinski definition) is 2. The van der Waals surface area contributed by atoms with E-state index in [0.29, 0.717) is 28.0 Å². The van der Waals surface area contributed by atoms with Crippen LogP contribution in [-0.2, 0) is 7.05 Å². The monoisotopic (exact) mass is 1510 g/mol. The summed E-state index contributed by atoms with van der Waals surface area (Å²) < 4.78 is 18.0. The van der Waals surface area contributed by atoms with Gasteiger partial charge in [-0.05, 0) is 156 Å². The van der Waals surface area contributed by atoms with Crippen molar-refractivity contribution < 1.29 is 22.9 Å². The Balaban J connectivity index is 0.00000115. The van der Waals surface area contributed by atoms with Gasteiger partial charge in [0, 0.05) is 70.2 Å². The fourth-order valence-electron chi connectivity index (χ4n) is 7.60. The van der Waals surface area contributed by atoms with Crippen LogP contribution in [0.3, 0.4) is 0 Å². The number of rotatable bonds is 2. The maximum Gasteiger partial charge on any atom is 0.261 e. The number of carbonyl (C=O) groups excluding carboxylic acids is 2. The molecule has 0 atom stereocenters. The number of aromatic nitrogens is 7. The number of aromatic amines is 2. The van der Waals surface area contributed by atoms with Gasteiger partial charge in [0.2, 0.25) is 0 Å². The van der Waals surface area contributed by atoms with Crippen molar-refractivity contribution in [3.8, 4) is 0 Å². The first kappa shape index (κ1) is 98.2. The second-order valence-corrected chi connectivity index (χ2v) is 31.7. The third-order valence-corrected chi connectivity index (χ3v) is 13.5. The highest BCUT2D eigenvalue weighted by molar-refractivity contribution is 7.17. The van der Waals surface area contributed by atoms with Crippen molar-refractivity contribution in [3.05, 3.63) is 275 Å². The molecule has 1 aliphatic rings. The van der Waals surface area contributed by atoms with Crippen LogP contribution in [0.5, 0.6) is 0 Å². The topological polar surface area (TPSA) is 182 Å². The van der Waals surface area contributed by atoms with Gasteiger partial charge < -0.3 is 22.9 Å². The van der Waals surface area contributed by atoms with Crippen LogP contribution in [0.25, 0.3) is 53.8 Å². The number of thiazole rings is 1. The molecule has 2 N–H and O–H groups in total. The van der Waals surface area contributed by atoms with Gasteiger partial charge in [-0.1, -0.05) is 261 Å². The number of thiophene rings is 1. The quantitative estimate of drug-likeness (QED) is 0.158. The molecular formula is C92H130N8O6S2. The summed E-state index contributed by atoms with van der Waals surface area (Å²) in [4.78, 5) is 43.2. The van der Waals surface area contributed by atoms with E-state index in [-0.39, 0.29) is 23.3 Å². The van der Waals surface area contributed by atoms with Crippen molar-refractivity contribution in [2.45, 2.75) is 185 Å². The van der Waals surface area contributed by atoms with E-state index in [1.165, 1.54) is 60.4 Å². The number of amides is 2. The molecule has 0 saturated carbocycles. The molecule has 15 rings (SSSR count). The van der Waals surface area contributed by atoms with Crippen molar-refractivity contribution in [2.75, 3.05) is 0 Å². The van der Waals surface area contributed by atoms with E-state index in [2.05, 4.69) is 296 Å². The summed E-state index contributed by atoms with van der Waals surface area (Å²) in [6, 6.07) is 58.4. The summed E-state index contributed by atoms with van der Waals surface area (Å²) >= 11 is 3.51. The highest BCUT2D eigenvalue weighted by Gasteiger charge is 2.36. The molecule has 0 fully saturated rings. The molecule has 0 aliphatic carbocycles. The summed E-state index contributed by atoms with van der Waals surface area (Å²) in [7, 11) is 2.06. The van der Waals surface area contributed by atoms with Crippen LogP contribution in [-0.4, -0.2) is 57.9 Å². The molecule has 0 radical (unpaired) electrons. The Morgan fingerprint density at radius 2 is 0.861 bits per heavy atom. The molecule has 0 spiro atoms. The molecule has 0 saturated heterocycles. The van der Waals surface area contributed by atoms with E-state index in [1.807, 2.05) is 86.2 Å². The molecule has 14 aromatic rings. The number of H-pyrrole nitrogens is 2. The molecular weight excluding hydrogens is 1380 g/mol. The lowest BCUT2D eigenvalue weighted by atomic mass is 10.1. The third-order valence-electron chi connectivity index (χ3n) is 11.5. The maximum absolute atomic E-state index is 11.8. The SMILES string of the molecule is CC(C)C.CC(C)C.CC(C)C.CC(C)C.CC(C)C.CC(C)C.CC(C)C.CC(C)N1C(=O)c2ccccc2C1=O.CC(C)c1nccs1.Cn1ccc2ccccc21.O=c1ccoc2ccccc12.c1ccc2[nH]ccc2c1.c1ccc2occc2c1.c1ccc2sccc2c1.c1cn[nH]n1.c1cnoc1. The summed E-state index contributed by atoms with van der Waals surface area (Å²) in [5.41, 5.74) is 5.14. The van der Waals surface area contributed by atoms with Crippen molar-refractivity contribution in [1.29, 1.82) is 0 Å². The number of para-hydroxylation sites is 4. The lowest BCUT2D eigenvalue weighted by molar-refractivity contribution is 0.0608. The summed E-state index contributed by atoms with van der Waals surface area (Å²) in [6.45, 7) is 53.5. The molecule has 14 nitrogen and oxygen atoms in total. The smallest absolute Gasteiger partial charge is 0.261 e. The van der Waals surface area contributed by atoms with E-state index < -0.39 is 0 Å². The van der Waals surface area contributed by atoms with Gasteiger partial charge in [0.05, 0.1) is 52.6 Å². The maximum atomic E-state index is 11.8. The van der Waals surface area contributed by atoms with Crippen LogP contribution in [0.2, 0.25) is 0 Å². The third kappa shape index (κ3) is 48.4. The lowest BCUT2D eigenvalue weighted by Gasteiger charge is -2.17. The minimum atomic E-state index is -0.180. The minimum absolute atomic E-state index is 0.00634. The van der Waals surface area contributed by atoms with Crippen LogP contribution in [0, 0.1) is 41.4 Å². The van der Waals surface area contributed by atoms with E-state index in [1.54, 1.807) is 90.0 Å². The molecule has 108 heavy (non-hydrogen) atoms. The second kappa shape index (κ2) is 59.3. The van der Waals surface area contributed by atoms with Gasteiger partial charge >= 0.3 is 0 Å². The van der Waals surface area contributed by atoms with Crippen molar-refractivity contribution in [3.63, 3.8) is 0 Å². The molecule has 8 aromatic heterocycles. The highest BCUT2D eigenvalue weighted by atomic mass is 32.1. The number of imide groups is 1. The average molecular weight is 1510 g/mol. The van der Waals surface area contributed by atoms with E-state index in [0.717, 1.165) is 52.4 Å². The van der Waals surface area contributed by atoms with E-state index in [9.17, 15) is 14.4 Å². The van der Waals surface area contributed by atoms with Gasteiger partial charge in [-0.3, -0.25) is 19.3 Å². The van der Waals surface area contributed by atoms with Crippen LogP contribution in [0.1, 0.15) is 205 Å². The molecule has 2 amide bonds. The van der Waals surface area contributed by atoms with Gasteiger partial charge in [0.25, 0.3) is 11.8 Å². The minimum Gasteiger partial charge on any atom is -0.464 e.